The van der Waals surface area contributed by atoms with E-state index in [1.54, 1.807) is 27.4 Å². The molecule has 3 aromatic carbocycles. The Bertz CT molecular complexity index is 1120. The fourth-order valence-electron chi connectivity index (χ4n) is 4.92. The van der Waals surface area contributed by atoms with Crippen molar-refractivity contribution in [3.8, 4) is 34.1 Å². The molecule has 30 heavy (non-hydrogen) atoms. The lowest BCUT2D eigenvalue weighted by Gasteiger charge is -2.32. The van der Waals surface area contributed by atoms with Gasteiger partial charge in [-0.2, -0.15) is 0 Å². The molecule has 1 aliphatic heterocycles. The van der Waals surface area contributed by atoms with Crippen molar-refractivity contribution < 1.29 is 19.3 Å². The van der Waals surface area contributed by atoms with E-state index in [0.717, 1.165) is 45.6 Å². The maximum atomic E-state index is 10.7. The van der Waals surface area contributed by atoms with Crippen LogP contribution < -0.4 is 19.5 Å². The standard InChI is InChI=1S/C25H29NO4/c1-13-10-18(27)23-17(8-7-9-19(23)28-4)21(13)24-20(29-5)12-16-11-14(2)26-15(3)22(16)25(24)30-6/h7-10,12,14-15,26-27H,11H2,1-6H3. The number of hydrogen-bond acceptors (Lipinski definition) is 5. The van der Waals surface area contributed by atoms with E-state index in [4.69, 9.17) is 14.2 Å². The number of phenols is 1. The topological polar surface area (TPSA) is 60.0 Å². The molecule has 2 atom stereocenters. The lowest BCUT2D eigenvalue weighted by Crippen LogP contribution is -2.36. The molecule has 1 heterocycles. The highest BCUT2D eigenvalue weighted by Gasteiger charge is 2.30. The number of nitrogens with one attached hydrogen (secondary N) is 1. The highest BCUT2D eigenvalue weighted by atomic mass is 16.5. The minimum Gasteiger partial charge on any atom is -0.507 e. The first kappa shape index (κ1) is 20.4. The molecule has 2 unspecified atom stereocenters. The number of fused-ring (bicyclic) bond motifs is 2. The van der Waals surface area contributed by atoms with Crippen LogP contribution in [0.3, 0.4) is 0 Å². The number of benzene rings is 3. The molecule has 0 fully saturated rings. The minimum absolute atomic E-state index is 0.154. The summed E-state index contributed by atoms with van der Waals surface area (Å²) in [6, 6.07) is 10.3. The summed E-state index contributed by atoms with van der Waals surface area (Å²) in [5.41, 5.74) is 5.22. The Labute approximate surface area is 177 Å². The zero-order chi connectivity index (χ0) is 21.6. The van der Waals surface area contributed by atoms with Crippen LogP contribution in [0.2, 0.25) is 0 Å². The monoisotopic (exact) mass is 407 g/mol. The first-order valence-electron chi connectivity index (χ1n) is 10.2. The van der Waals surface area contributed by atoms with Crippen molar-refractivity contribution in [2.45, 2.75) is 39.3 Å². The molecule has 0 spiro atoms. The van der Waals surface area contributed by atoms with Crippen LogP contribution >= 0.6 is 0 Å². The summed E-state index contributed by atoms with van der Waals surface area (Å²) in [6.45, 7) is 6.35. The van der Waals surface area contributed by atoms with Crippen LogP contribution in [0.1, 0.15) is 36.6 Å². The Hall–Kier alpha value is -2.92. The number of aryl methyl sites for hydroxylation is 1. The molecule has 158 valence electrons. The van der Waals surface area contributed by atoms with Gasteiger partial charge in [0, 0.05) is 23.2 Å². The molecular formula is C25H29NO4. The van der Waals surface area contributed by atoms with Crippen LogP contribution in [0.5, 0.6) is 23.0 Å². The molecule has 5 heteroatoms. The molecule has 0 bridgehead atoms. The largest absolute Gasteiger partial charge is 0.507 e. The van der Waals surface area contributed by atoms with Crippen LogP contribution in [0.15, 0.2) is 30.3 Å². The van der Waals surface area contributed by atoms with E-state index in [2.05, 4.69) is 25.2 Å². The Morgan fingerprint density at radius 1 is 0.967 bits per heavy atom. The van der Waals surface area contributed by atoms with Gasteiger partial charge in [-0.1, -0.05) is 12.1 Å². The molecule has 0 aliphatic carbocycles. The third-order valence-corrected chi connectivity index (χ3v) is 6.06. The Kier molecular flexibility index (Phi) is 5.24. The SMILES string of the molecule is COc1cc2c(c(OC)c1-c1c(C)cc(O)c3c(OC)cccc13)C(C)NC(C)C2. The molecule has 4 rings (SSSR count). The summed E-state index contributed by atoms with van der Waals surface area (Å²) in [4.78, 5) is 0. The minimum atomic E-state index is 0.154. The summed E-state index contributed by atoms with van der Waals surface area (Å²) in [5.74, 6) is 2.41. The van der Waals surface area contributed by atoms with E-state index in [1.807, 2.05) is 25.1 Å². The van der Waals surface area contributed by atoms with E-state index in [-0.39, 0.29) is 11.8 Å². The van der Waals surface area contributed by atoms with Crippen molar-refractivity contribution in [3.63, 3.8) is 0 Å². The predicted octanol–water partition coefficient (Wildman–Crippen LogP) is 5.14. The quantitative estimate of drug-likeness (QED) is 0.627. The van der Waals surface area contributed by atoms with Crippen molar-refractivity contribution >= 4 is 10.8 Å². The van der Waals surface area contributed by atoms with Crippen molar-refractivity contribution in [2.75, 3.05) is 21.3 Å². The van der Waals surface area contributed by atoms with Crippen LogP contribution in [-0.4, -0.2) is 32.5 Å². The number of methoxy groups -OCH3 is 3. The highest BCUT2D eigenvalue weighted by molar-refractivity contribution is 6.06. The fraction of sp³-hybridized carbons (Fsp3) is 0.360. The van der Waals surface area contributed by atoms with Crippen LogP contribution in [-0.2, 0) is 6.42 Å². The lowest BCUT2D eigenvalue weighted by atomic mass is 9.84. The first-order chi connectivity index (χ1) is 14.4. The summed E-state index contributed by atoms with van der Waals surface area (Å²) >= 11 is 0. The van der Waals surface area contributed by atoms with Gasteiger partial charge in [0.15, 0.2) is 0 Å². The third-order valence-electron chi connectivity index (χ3n) is 6.06. The molecular weight excluding hydrogens is 378 g/mol. The second-order valence-electron chi connectivity index (χ2n) is 8.02. The van der Waals surface area contributed by atoms with Crippen molar-refractivity contribution in [2.24, 2.45) is 0 Å². The maximum Gasteiger partial charge on any atom is 0.135 e. The van der Waals surface area contributed by atoms with Crippen molar-refractivity contribution in [1.82, 2.24) is 5.32 Å². The number of hydrogen-bond donors (Lipinski definition) is 2. The summed E-state index contributed by atoms with van der Waals surface area (Å²) in [6.07, 6.45) is 0.913. The molecule has 0 amide bonds. The molecule has 3 aromatic rings. The summed E-state index contributed by atoms with van der Waals surface area (Å²) in [5, 5.41) is 15.9. The number of ether oxygens (including phenoxy) is 3. The van der Waals surface area contributed by atoms with Crippen molar-refractivity contribution in [1.29, 1.82) is 0 Å². The number of rotatable bonds is 4. The normalized spacial score (nSPS) is 18.2. The second-order valence-corrected chi connectivity index (χ2v) is 8.02. The van der Waals surface area contributed by atoms with Gasteiger partial charge in [0.1, 0.15) is 23.0 Å². The van der Waals surface area contributed by atoms with Crippen LogP contribution in [0, 0.1) is 6.92 Å². The molecule has 0 saturated carbocycles. The molecule has 0 radical (unpaired) electrons. The van der Waals surface area contributed by atoms with Gasteiger partial charge in [-0.25, -0.2) is 0 Å². The average Bonchev–Trinajstić information content (AvgIpc) is 2.72. The van der Waals surface area contributed by atoms with E-state index in [9.17, 15) is 5.11 Å². The van der Waals surface area contributed by atoms with E-state index >= 15 is 0 Å². The summed E-state index contributed by atoms with van der Waals surface area (Å²) in [7, 11) is 5.02. The predicted molar refractivity (Wildman–Crippen MR) is 120 cm³/mol. The van der Waals surface area contributed by atoms with Gasteiger partial charge in [-0.15, -0.1) is 0 Å². The van der Waals surface area contributed by atoms with E-state index in [1.165, 1.54) is 5.56 Å². The average molecular weight is 408 g/mol. The molecule has 0 saturated heterocycles. The Morgan fingerprint density at radius 2 is 1.70 bits per heavy atom. The molecule has 1 aliphatic rings. The molecule has 0 aromatic heterocycles. The number of aromatic hydroxyl groups is 1. The lowest BCUT2D eigenvalue weighted by molar-refractivity contribution is 0.372. The molecule has 2 N–H and O–H groups in total. The van der Waals surface area contributed by atoms with Gasteiger partial charge in [0.25, 0.3) is 0 Å². The van der Waals surface area contributed by atoms with Crippen LogP contribution in [0.25, 0.3) is 21.9 Å². The highest BCUT2D eigenvalue weighted by Crippen LogP contribution is 2.51. The van der Waals surface area contributed by atoms with E-state index in [0.29, 0.717) is 17.2 Å². The van der Waals surface area contributed by atoms with Gasteiger partial charge in [-0.05, 0) is 61.9 Å². The van der Waals surface area contributed by atoms with E-state index < -0.39 is 0 Å². The van der Waals surface area contributed by atoms with Gasteiger partial charge in [-0.3, -0.25) is 0 Å². The zero-order valence-electron chi connectivity index (χ0n) is 18.4. The van der Waals surface area contributed by atoms with Gasteiger partial charge >= 0.3 is 0 Å². The Morgan fingerprint density at radius 3 is 2.37 bits per heavy atom. The number of phenolic OH excluding ortho intramolecular Hbond substituents is 1. The molecule has 5 nitrogen and oxygen atoms in total. The van der Waals surface area contributed by atoms with Gasteiger partial charge in [0.05, 0.1) is 32.3 Å². The maximum absolute atomic E-state index is 10.7. The van der Waals surface area contributed by atoms with Gasteiger partial charge < -0.3 is 24.6 Å². The fourth-order valence-corrected chi connectivity index (χ4v) is 4.92. The smallest absolute Gasteiger partial charge is 0.135 e. The summed E-state index contributed by atoms with van der Waals surface area (Å²) < 4.78 is 17.4. The van der Waals surface area contributed by atoms with Crippen molar-refractivity contribution in [3.05, 3.63) is 47.0 Å². The zero-order valence-corrected chi connectivity index (χ0v) is 18.4. The van der Waals surface area contributed by atoms with Crippen LogP contribution in [0.4, 0.5) is 0 Å². The first-order valence-corrected chi connectivity index (χ1v) is 10.2. The third kappa shape index (κ3) is 3.05. The Balaban J connectivity index is 2.14. The second kappa shape index (κ2) is 7.73. The van der Waals surface area contributed by atoms with Gasteiger partial charge in [0.2, 0.25) is 0 Å².